The Balaban J connectivity index is 1.59. The van der Waals surface area contributed by atoms with Crippen LogP contribution >= 0.6 is 23.5 Å². The van der Waals surface area contributed by atoms with Crippen molar-refractivity contribution in [3.8, 4) is 0 Å². The van der Waals surface area contributed by atoms with Crippen LogP contribution in [0.4, 0.5) is 0 Å². The zero-order valence-electron chi connectivity index (χ0n) is 10.2. The average molecular weight is 274 g/mol. The summed E-state index contributed by atoms with van der Waals surface area (Å²) in [4.78, 5) is 11.8. The van der Waals surface area contributed by atoms with Crippen molar-refractivity contribution in [2.45, 2.75) is 24.5 Å². The molecule has 2 rings (SSSR count). The highest BCUT2D eigenvalue weighted by molar-refractivity contribution is 8.06. The second-order valence-electron chi connectivity index (χ2n) is 4.79. The lowest BCUT2D eigenvalue weighted by Gasteiger charge is -2.24. The van der Waals surface area contributed by atoms with E-state index in [1.54, 1.807) is 0 Å². The number of carbonyl (C=O) groups excluding carboxylic acids is 1. The zero-order chi connectivity index (χ0) is 11.9. The van der Waals surface area contributed by atoms with Gasteiger partial charge in [-0.1, -0.05) is 0 Å². The van der Waals surface area contributed by atoms with Crippen molar-refractivity contribution in [3.05, 3.63) is 0 Å². The molecule has 0 aliphatic carbocycles. The number of nitrogens with one attached hydrogen (secondary N) is 2. The summed E-state index contributed by atoms with van der Waals surface area (Å²) in [5.41, 5.74) is 0. The van der Waals surface area contributed by atoms with Gasteiger partial charge in [-0.2, -0.15) is 23.5 Å². The van der Waals surface area contributed by atoms with Crippen LogP contribution in [-0.2, 0) is 4.79 Å². The number of carbonyl (C=O) groups is 1. The van der Waals surface area contributed by atoms with Crippen molar-refractivity contribution in [1.82, 2.24) is 10.6 Å². The first-order chi connectivity index (χ1) is 8.34. The van der Waals surface area contributed by atoms with Gasteiger partial charge in [-0.25, -0.2) is 0 Å². The number of rotatable bonds is 4. The Morgan fingerprint density at radius 2 is 2.35 bits per heavy atom. The standard InChI is InChI=1S/C12H22N2OS2/c15-12(6-10-2-1-3-13-7-10)14-8-11-9-16-4-5-17-11/h10-11,13H,1-9H2,(H,14,15). The summed E-state index contributed by atoms with van der Waals surface area (Å²) in [5, 5.41) is 7.08. The van der Waals surface area contributed by atoms with Crippen LogP contribution in [0.25, 0.3) is 0 Å². The molecule has 0 bridgehead atoms. The van der Waals surface area contributed by atoms with Gasteiger partial charge in [-0.15, -0.1) is 0 Å². The largest absolute Gasteiger partial charge is 0.355 e. The molecule has 0 aromatic rings. The molecule has 5 heteroatoms. The molecule has 1 amide bonds. The number of hydrogen-bond donors (Lipinski definition) is 2. The third-order valence-corrected chi connectivity index (χ3v) is 6.13. The van der Waals surface area contributed by atoms with Gasteiger partial charge >= 0.3 is 0 Å². The maximum Gasteiger partial charge on any atom is 0.220 e. The predicted octanol–water partition coefficient (Wildman–Crippen LogP) is 1.34. The molecule has 0 aromatic heterocycles. The molecule has 2 unspecified atom stereocenters. The Morgan fingerprint density at radius 1 is 1.41 bits per heavy atom. The van der Waals surface area contributed by atoms with Crippen molar-refractivity contribution in [2.24, 2.45) is 5.92 Å². The van der Waals surface area contributed by atoms with Gasteiger partial charge in [0.1, 0.15) is 0 Å². The Labute approximate surface area is 112 Å². The highest BCUT2D eigenvalue weighted by Gasteiger charge is 2.18. The summed E-state index contributed by atoms with van der Waals surface area (Å²) in [6.07, 6.45) is 3.12. The molecule has 2 aliphatic heterocycles. The Hall–Kier alpha value is 0.130. The van der Waals surface area contributed by atoms with E-state index in [1.165, 1.54) is 30.1 Å². The smallest absolute Gasteiger partial charge is 0.220 e. The SMILES string of the molecule is O=C(CC1CCCNC1)NCC1CSCCS1. The monoisotopic (exact) mass is 274 g/mol. The van der Waals surface area contributed by atoms with Crippen LogP contribution in [0, 0.1) is 5.92 Å². The third-order valence-electron chi connectivity index (χ3n) is 3.28. The minimum absolute atomic E-state index is 0.245. The minimum atomic E-state index is 0.245. The van der Waals surface area contributed by atoms with Crippen LogP contribution in [0.5, 0.6) is 0 Å². The van der Waals surface area contributed by atoms with E-state index < -0.39 is 0 Å². The summed E-state index contributed by atoms with van der Waals surface area (Å²) in [6, 6.07) is 0. The first-order valence-electron chi connectivity index (χ1n) is 6.51. The van der Waals surface area contributed by atoms with E-state index in [4.69, 9.17) is 0 Å². The van der Waals surface area contributed by atoms with Crippen molar-refractivity contribution >= 4 is 29.4 Å². The van der Waals surface area contributed by atoms with Gasteiger partial charge in [0.05, 0.1) is 0 Å². The third kappa shape index (κ3) is 5.10. The number of piperidine rings is 1. The molecule has 2 fully saturated rings. The van der Waals surface area contributed by atoms with Gasteiger partial charge in [-0.3, -0.25) is 4.79 Å². The van der Waals surface area contributed by atoms with Crippen LogP contribution in [-0.4, -0.2) is 48.0 Å². The number of hydrogen-bond acceptors (Lipinski definition) is 4. The lowest BCUT2D eigenvalue weighted by Crippen LogP contribution is -2.37. The molecule has 0 spiro atoms. The second kappa shape index (κ2) is 7.54. The Morgan fingerprint density at radius 3 is 3.06 bits per heavy atom. The maximum atomic E-state index is 11.8. The summed E-state index contributed by atoms with van der Waals surface area (Å²) in [5.74, 6) is 4.49. The summed E-state index contributed by atoms with van der Waals surface area (Å²) >= 11 is 4.01. The van der Waals surface area contributed by atoms with E-state index in [9.17, 15) is 4.79 Å². The highest BCUT2D eigenvalue weighted by atomic mass is 32.2. The van der Waals surface area contributed by atoms with Crippen molar-refractivity contribution in [2.75, 3.05) is 36.9 Å². The van der Waals surface area contributed by atoms with Crippen molar-refractivity contribution in [3.63, 3.8) is 0 Å². The summed E-state index contributed by atoms with van der Waals surface area (Å²) < 4.78 is 0. The van der Waals surface area contributed by atoms with E-state index in [1.807, 2.05) is 23.5 Å². The van der Waals surface area contributed by atoms with Crippen molar-refractivity contribution < 1.29 is 4.79 Å². The first kappa shape index (κ1) is 13.6. The molecular formula is C12H22N2OS2. The zero-order valence-corrected chi connectivity index (χ0v) is 11.9. The molecule has 2 saturated heterocycles. The van der Waals surface area contributed by atoms with E-state index in [0.29, 0.717) is 17.6 Å². The summed E-state index contributed by atoms with van der Waals surface area (Å²) in [7, 11) is 0. The highest BCUT2D eigenvalue weighted by Crippen LogP contribution is 2.23. The fourth-order valence-electron chi connectivity index (χ4n) is 2.31. The van der Waals surface area contributed by atoms with Gasteiger partial charge in [0, 0.05) is 35.5 Å². The van der Waals surface area contributed by atoms with E-state index >= 15 is 0 Å². The molecule has 0 saturated carbocycles. The topological polar surface area (TPSA) is 41.1 Å². The fraction of sp³-hybridized carbons (Fsp3) is 0.917. The lowest BCUT2D eigenvalue weighted by molar-refractivity contribution is -0.122. The van der Waals surface area contributed by atoms with Gasteiger partial charge in [0.15, 0.2) is 0 Å². The minimum Gasteiger partial charge on any atom is -0.355 e. The average Bonchev–Trinajstić information content (AvgIpc) is 2.39. The van der Waals surface area contributed by atoms with Crippen LogP contribution in [0.15, 0.2) is 0 Å². The molecular weight excluding hydrogens is 252 g/mol. The van der Waals surface area contributed by atoms with Gasteiger partial charge in [0.25, 0.3) is 0 Å². The van der Waals surface area contributed by atoms with Gasteiger partial charge in [0.2, 0.25) is 5.91 Å². The van der Waals surface area contributed by atoms with Gasteiger partial charge in [-0.05, 0) is 31.8 Å². The molecule has 2 aliphatic rings. The van der Waals surface area contributed by atoms with Crippen molar-refractivity contribution in [1.29, 1.82) is 0 Å². The number of amides is 1. The van der Waals surface area contributed by atoms with Gasteiger partial charge < -0.3 is 10.6 Å². The predicted molar refractivity (Wildman–Crippen MR) is 76.8 cm³/mol. The molecule has 0 radical (unpaired) electrons. The van der Waals surface area contributed by atoms with Crippen LogP contribution in [0.1, 0.15) is 19.3 Å². The van der Waals surface area contributed by atoms with Crippen LogP contribution in [0.3, 0.4) is 0 Å². The lowest BCUT2D eigenvalue weighted by atomic mass is 9.96. The van der Waals surface area contributed by atoms with E-state index in [-0.39, 0.29) is 5.91 Å². The molecule has 2 heterocycles. The van der Waals surface area contributed by atoms with E-state index in [2.05, 4.69) is 10.6 Å². The Bertz CT molecular complexity index is 239. The second-order valence-corrected chi connectivity index (χ2v) is 7.35. The summed E-state index contributed by atoms with van der Waals surface area (Å²) in [6.45, 7) is 2.99. The van der Waals surface area contributed by atoms with Crippen LogP contribution in [0.2, 0.25) is 0 Å². The molecule has 17 heavy (non-hydrogen) atoms. The normalized spacial score (nSPS) is 29.9. The molecule has 2 N–H and O–H groups in total. The molecule has 2 atom stereocenters. The van der Waals surface area contributed by atoms with Crippen LogP contribution < -0.4 is 10.6 Å². The van der Waals surface area contributed by atoms with E-state index in [0.717, 1.165) is 19.6 Å². The molecule has 98 valence electrons. The molecule has 3 nitrogen and oxygen atoms in total. The Kier molecular flexibility index (Phi) is 6.01. The maximum absolute atomic E-state index is 11.8. The quantitative estimate of drug-likeness (QED) is 0.812. The first-order valence-corrected chi connectivity index (χ1v) is 8.71. The fourth-order valence-corrected chi connectivity index (χ4v) is 4.93. The number of thioether (sulfide) groups is 2. The molecule has 0 aromatic carbocycles.